The van der Waals surface area contributed by atoms with Crippen LogP contribution < -0.4 is 0 Å². The Labute approximate surface area is 198 Å². The van der Waals surface area contributed by atoms with Crippen molar-refractivity contribution in [1.29, 1.82) is 0 Å². The summed E-state index contributed by atoms with van der Waals surface area (Å²) >= 11 is 5.85. The van der Waals surface area contributed by atoms with Crippen LogP contribution in [0, 0.1) is 17.8 Å². The van der Waals surface area contributed by atoms with E-state index >= 15 is 0 Å². The zero-order valence-corrected chi connectivity index (χ0v) is 20.0. The molecule has 180 valence electrons. The van der Waals surface area contributed by atoms with Crippen LogP contribution in [0.25, 0.3) is 0 Å². The second kappa shape index (κ2) is 10.1. The first-order chi connectivity index (χ1) is 15.5. The van der Waals surface area contributed by atoms with Crippen LogP contribution in [0.5, 0.6) is 0 Å². The predicted octanol–water partition coefficient (Wildman–Crippen LogP) is 7.25. The standard InChI is InChI=1S/C26H30ClF3O3/c1-16(2)20-12-10-17(3)14-23(20)33-24(31)25(32-4,18-8-6-5-7-9-18)19-11-13-22(27)21(15-19)26(28,29)30/h5-9,11,13,15-17,20,23H,10,12,14H2,1-4H3. The van der Waals surface area contributed by atoms with Crippen LogP contribution in [-0.4, -0.2) is 19.2 Å². The molecule has 3 rings (SSSR count). The van der Waals surface area contributed by atoms with E-state index in [2.05, 4.69) is 20.8 Å². The number of hydrogen-bond donors (Lipinski definition) is 0. The van der Waals surface area contributed by atoms with Crippen molar-refractivity contribution in [2.24, 2.45) is 17.8 Å². The molecule has 0 bridgehead atoms. The second-order valence-corrected chi connectivity index (χ2v) is 9.62. The zero-order chi connectivity index (χ0) is 24.4. The summed E-state index contributed by atoms with van der Waals surface area (Å²) in [6.45, 7) is 6.31. The number of halogens is 4. The molecule has 0 aromatic heterocycles. The number of ether oxygens (including phenoxy) is 2. The largest absolute Gasteiger partial charge is 0.459 e. The summed E-state index contributed by atoms with van der Waals surface area (Å²) in [6, 6.07) is 11.9. The van der Waals surface area contributed by atoms with Crippen molar-refractivity contribution in [3.63, 3.8) is 0 Å². The summed E-state index contributed by atoms with van der Waals surface area (Å²) in [5.41, 5.74) is -2.49. The number of esters is 1. The van der Waals surface area contributed by atoms with Gasteiger partial charge in [-0.25, -0.2) is 4.79 Å². The van der Waals surface area contributed by atoms with Crippen molar-refractivity contribution in [1.82, 2.24) is 0 Å². The van der Waals surface area contributed by atoms with E-state index in [-0.39, 0.29) is 17.6 Å². The maximum Gasteiger partial charge on any atom is 0.417 e. The number of methoxy groups -OCH3 is 1. The lowest BCUT2D eigenvalue weighted by Crippen LogP contribution is -2.45. The van der Waals surface area contributed by atoms with Crippen LogP contribution in [0.2, 0.25) is 5.02 Å². The fourth-order valence-electron chi connectivity index (χ4n) is 4.83. The highest BCUT2D eigenvalue weighted by Crippen LogP contribution is 2.42. The Bertz CT molecular complexity index is 961. The second-order valence-electron chi connectivity index (χ2n) is 9.21. The quantitative estimate of drug-likeness (QED) is 0.407. The van der Waals surface area contributed by atoms with Gasteiger partial charge in [-0.05, 0) is 48.3 Å². The summed E-state index contributed by atoms with van der Waals surface area (Å²) in [5, 5.41) is -0.446. The van der Waals surface area contributed by atoms with Crippen LogP contribution in [0.3, 0.4) is 0 Å². The number of carbonyl (C=O) groups is 1. The van der Waals surface area contributed by atoms with Gasteiger partial charge in [0.2, 0.25) is 5.60 Å². The number of carbonyl (C=O) groups excluding carboxylic acids is 1. The molecule has 0 saturated heterocycles. The molecule has 0 amide bonds. The fourth-order valence-corrected chi connectivity index (χ4v) is 5.05. The van der Waals surface area contributed by atoms with Crippen molar-refractivity contribution in [2.45, 2.75) is 57.9 Å². The first kappa shape index (κ1) is 25.6. The normalized spacial score (nSPS) is 23.2. The van der Waals surface area contributed by atoms with E-state index in [4.69, 9.17) is 21.1 Å². The van der Waals surface area contributed by atoms with E-state index < -0.39 is 28.3 Å². The zero-order valence-electron chi connectivity index (χ0n) is 19.3. The SMILES string of the molecule is COC(C(=O)OC1CC(C)CCC1C(C)C)(c1ccccc1)c1ccc(Cl)c(C(F)(F)F)c1. The molecular weight excluding hydrogens is 453 g/mol. The van der Waals surface area contributed by atoms with E-state index in [1.54, 1.807) is 30.3 Å². The van der Waals surface area contributed by atoms with Crippen LogP contribution in [0.15, 0.2) is 48.5 Å². The molecular formula is C26H30ClF3O3. The van der Waals surface area contributed by atoms with Gasteiger partial charge in [0.15, 0.2) is 0 Å². The van der Waals surface area contributed by atoms with E-state index in [0.29, 0.717) is 23.8 Å². The molecule has 0 heterocycles. The molecule has 7 heteroatoms. The molecule has 0 N–H and O–H groups in total. The molecule has 2 aromatic carbocycles. The summed E-state index contributed by atoms with van der Waals surface area (Å²) in [6.07, 6.45) is -2.33. The van der Waals surface area contributed by atoms with Crippen LogP contribution >= 0.6 is 11.6 Å². The molecule has 4 atom stereocenters. The average molecular weight is 483 g/mol. The lowest BCUT2D eigenvalue weighted by molar-refractivity contribution is -0.177. The van der Waals surface area contributed by atoms with Crippen LogP contribution in [-0.2, 0) is 26.0 Å². The van der Waals surface area contributed by atoms with Gasteiger partial charge in [0.25, 0.3) is 0 Å². The van der Waals surface area contributed by atoms with Crippen molar-refractivity contribution >= 4 is 17.6 Å². The molecule has 4 unspecified atom stereocenters. The Morgan fingerprint density at radius 2 is 1.73 bits per heavy atom. The van der Waals surface area contributed by atoms with E-state index in [9.17, 15) is 18.0 Å². The van der Waals surface area contributed by atoms with Crippen molar-refractivity contribution in [2.75, 3.05) is 7.11 Å². The van der Waals surface area contributed by atoms with Gasteiger partial charge in [-0.1, -0.05) is 75.2 Å². The molecule has 1 fully saturated rings. The van der Waals surface area contributed by atoms with Gasteiger partial charge in [0.05, 0.1) is 10.6 Å². The van der Waals surface area contributed by atoms with Gasteiger partial charge in [-0.15, -0.1) is 0 Å². The number of alkyl halides is 3. The minimum Gasteiger partial charge on any atom is -0.459 e. The molecule has 3 nitrogen and oxygen atoms in total. The van der Waals surface area contributed by atoms with Crippen molar-refractivity contribution < 1.29 is 27.4 Å². The third kappa shape index (κ3) is 5.22. The monoisotopic (exact) mass is 482 g/mol. The van der Waals surface area contributed by atoms with Crippen molar-refractivity contribution in [3.05, 3.63) is 70.2 Å². The fraction of sp³-hybridized carbons (Fsp3) is 0.500. The van der Waals surface area contributed by atoms with E-state index in [0.717, 1.165) is 25.0 Å². The first-order valence-corrected chi connectivity index (χ1v) is 11.6. The van der Waals surface area contributed by atoms with Gasteiger partial charge >= 0.3 is 12.1 Å². The molecule has 0 radical (unpaired) electrons. The summed E-state index contributed by atoms with van der Waals surface area (Å²) in [5.74, 6) is 0.137. The molecule has 1 aliphatic rings. The third-order valence-electron chi connectivity index (χ3n) is 6.67. The highest BCUT2D eigenvalue weighted by atomic mass is 35.5. The van der Waals surface area contributed by atoms with Gasteiger partial charge in [-0.3, -0.25) is 0 Å². The molecule has 2 aromatic rings. The Morgan fingerprint density at radius 1 is 1.06 bits per heavy atom. The lowest BCUT2D eigenvalue weighted by Gasteiger charge is -2.39. The predicted molar refractivity (Wildman–Crippen MR) is 122 cm³/mol. The number of benzene rings is 2. The van der Waals surface area contributed by atoms with E-state index in [1.807, 2.05) is 0 Å². The highest BCUT2D eigenvalue weighted by Gasteiger charge is 2.48. The van der Waals surface area contributed by atoms with Crippen LogP contribution in [0.1, 0.15) is 56.7 Å². The Kier molecular flexibility index (Phi) is 7.80. The minimum atomic E-state index is -4.69. The molecule has 33 heavy (non-hydrogen) atoms. The average Bonchev–Trinajstić information content (AvgIpc) is 2.75. The van der Waals surface area contributed by atoms with Gasteiger partial charge < -0.3 is 9.47 Å². The van der Waals surface area contributed by atoms with E-state index in [1.165, 1.54) is 13.2 Å². The maximum atomic E-state index is 13.8. The molecule has 1 saturated carbocycles. The summed E-state index contributed by atoms with van der Waals surface area (Å²) < 4.78 is 52.8. The van der Waals surface area contributed by atoms with Crippen LogP contribution in [0.4, 0.5) is 13.2 Å². The van der Waals surface area contributed by atoms with Gasteiger partial charge in [-0.2, -0.15) is 13.2 Å². The van der Waals surface area contributed by atoms with Crippen molar-refractivity contribution in [3.8, 4) is 0 Å². The lowest BCUT2D eigenvalue weighted by atomic mass is 9.75. The summed E-state index contributed by atoms with van der Waals surface area (Å²) in [7, 11) is 1.31. The Morgan fingerprint density at radius 3 is 2.30 bits per heavy atom. The smallest absolute Gasteiger partial charge is 0.417 e. The Hall–Kier alpha value is -2.05. The number of hydrogen-bond acceptors (Lipinski definition) is 3. The van der Waals surface area contributed by atoms with Gasteiger partial charge in [0.1, 0.15) is 6.10 Å². The Balaban J connectivity index is 2.12. The molecule has 1 aliphatic carbocycles. The van der Waals surface area contributed by atoms with Gasteiger partial charge in [0, 0.05) is 12.7 Å². The topological polar surface area (TPSA) is 35.5 Å². The first-order valence-electron chi connectivity index (χ1n) is 11.2. The highest BCUT2D eigenvalue weighted by molar-refractivity contribution is 6.31. The molecule has 0 aliphatic heterocycles. The molecule has 0 spiro atoms. The summed E-state index contributed by atoms with van der Waals surface area (Å²) in [4.78, 5) is 13.8. The number of rotatable bonds is 6. The third-order valence-corrected chi connectivity index (χ3v) is 7.00. The maximum absolute atomic E-state index is 13.8. The minimum absolute atomic E-state index is 0.0166.